The maximum Gasteiger partial charge on any atom is 0.131 e. The SMILES string of the molecule is CCC(C)(c1ccc(C(C)(C)c2sc(-c3ccccc3)cc2O)s1)c1sc(-c2ccccc2)cc1O. The van der Waals surface area contributed by atoms with Crippen molar-refractivity contribution in [3.8, 4) is 32.4 Å². The van der Waals surface area contributed by atoms with E-state index < -0.39 is 0 Å². The Morgan fingerprint density at radius 1 is 0.611 bits per heavy atom. The quantitative estimate of drug-likeness (QED) is 0.220. The van der Waals surface area contributed by atoms with Gasteiger partial charge in [0.1, 0.15) is 11.5 Å². The molecule has 2 aromatic carbocycles. The molecule has 0 amide bonds. The smallest absolute Gasteiger partial charge is 0.131 e. The summed E-state index contributed by atoms with van der Waals surface area (Å²) in [5.41, 5.74) is 1.60. The number of rotatable bonds is 7. The summed E-state index contributed by atoms with van der Waals surface area (Å²) in [4.78, 5) is 6.55. The van der Waals surface area contributed by atoms with Crippen molar-refractivity contribution in [2.24, 2.45) is 0 Å². The van der Waals surface area contributed by atoms with Crippen molar-refractivity contribution in [1.29, 1.82) is 0 Å². The first kappa shape index (κ1) is 24.8. The minimum Gasteiger partial charge on any atom is -0.507 e. The van der Waals surface area contributed by atoms with Crippen molar-refractivity contribution >= 4 is 34.0 Å². The van der Waals surface area contributed by atoms with Gasteiger partial charge in [-0.15, -0.1) is 34.0 Å². The van der Waals surface area contributed by atoms with Crippen LogP contribution in [0.5, 0.6) is 11.5 Å². The maximum atomic E-state index is 11.0. The molecule has 5 heteroatoms. The van der Waals surface area contributed by atoms with Gasteiger partial charge in [0.05, 0.1) is 9.75 Å². The zero-order valence-corrected chi connectivity index (χ0v) is 23.4. The predicted molar refractivity (Wildman–Crippen MR) is 156 cm³/mol. The molecule has 5 rings (SSSR count). The average Bonchev–Trinajstić information content (AvgIpc) is 3.64. The van der Waals surface area contributed by atoms with Crippen LogP contribution >= 0.6 is 34.0 Å². The standard InChI is InChI=1S/C31H30O2S3/c1-5-31(4,29-23(33)19-25(35-29)21-14-10-7-11-15-21)27-17-16-26(36-27)30(2,3)28-22(32)18-24(34-28)20-12-8-6-9-13-20/h6-19,32-33H,5H2,1-4H3. The third kappa shape index (κ3) is 4.30. The largest absolute Gasteiger partial charge is 0.507 e. The first-order chi connectivity index (χ1) is 17.2. The highest BCUT2D eigenvalue weighted by atomic mass is 32.1. The van der Waals surface area contributed by atoms with E-state index in [0.717, 1.165) is 37.1 Å². The summed E-state index contributed by atoms with van der Waals surface area (Å²) in [5.74, 6) is 0.710. The highest BCUT2D eigenvalue weighted by Crippen LogP contribution is 2.52. The van der Waals surface area contributed by atoms with Gasteiger partial charge < -0.3 is 10.2 Å². The molecule has 0 radical (unpaired) electrons. The van der Waals surface area contributed by atoms with E-state index in [1.165, 1.54) is 9.75 Å². The third-order valence-corrected chi connectivity index (χ3v) is 11.7. The molecule has 2 N–H and O–H groups in total. The van der Waals surface area contributed by atoms with E-state index in [1.54, 1.807) is 34.0 Å². The van der Waals surface area contributed by atoms with Gasteiger partial charge in [0.15, 0.2) is 0 Å². The number of aromatic hydroxyl groups is 2. The van der Waals surface area contributed by atoms with Crippen molar-refractivity contribution < 1.29 is 10.2 Å². The first-order valence-electron chi connectivity index (χ1n) is 12.1. The molecule has 5 aromatic rings. The van der Waals surface area contributed by atoms with E-state index in [2.05, 4.69) is 64.1 Å². The number of thiophene rings is 3. The van der Waals surface area contributed by atoms with Gasteiger partial charge in [-0.3, -0.25) is 0 Å². The van der Waals surface area contributed by atoms with Gasteiger partial charge >= 0.3 is 0 Å². The Hall–Kier alpha value is -2.86. The average molecular weight is 531 g/mol. The molecule has 0 fully saturated rings. The molecule has 184 valence electrons. The Bertz CT molecular complexity index is 1470. The molecule has 0 bridgehead atoms. The van der Waals surface area contributed by atoms with Gasteiger partial charge in [0.2, 0.25) is 0 Å². The van der Waals surface area contributed by atoms with Crippen LogP contribution in [0, 0.1) is 0 Å². The van der Waals surface area contributed by atoms with Crippen LogP contribution in [0.15, 0.2) is 84.9 Å². The summed E-state index contributed by atoms with van der Waals surface area (Å²) >= 11 is 5.11. The van der Waals surface area contributed by atoms with Gasteiger partial charge in [0, 0.05) is 30.3 Å². The van der Waals surface area contributed by atoms with Crippen molar-refractivity contribution in [3.63, 3.8) is 0 Å². The van der Waals surface area contributed by atoms with Crippen LogP contribution in [0.3, 0.4) is 0 Å². The lowest BCUT2D eigenvalue weighted by molar-refractivity contribution is 0.451. The highest BCUT2D eigenvalue weighted by molar-refractivity contribution is 7.17. The summed E-state index contributed by atoms with van der Waals surface area (Å²) < 4.78 is 0. The number of hydrogen-bond donors (Lipinski definition) is 2. The van der Waals surface area contributed by atoms with Crippen molar-refractivity contribution in [2.45, 2.75) is 44.9 Å². The van der Waals surface area contributed by atoms with E-state index in [0.29, 0.717) is 11.5 Å². The van der Waals surface area contributed by atoms with Gasteiger partial charge in [-0.1, -0.05) is 67.6 Å². The second-order valence-corrected chi connectivity index (χ2v) is 13.0. The van der Waals surface area contributed by atoms with Crippen molar-refractivity contribution in [2.75, 3.05) is 0 Å². The summed E-state index contributed by atoms with van der Waals surface area (Å²) in [6.45, 7) is 8.78. The van der Waals surface area contributed by atoms with Crippen LogP contribution in [0.1, 0.15) is 53.6 Å². The Kier molecular flexibility index (Phi) is 6.58. The normalized spacial score (nSPS) is 13.6. The second-order valence-electron chi connectivity index (χ2n) is 9.86. The van der Waals surface area contributed by atoms with Gasteiger partial charge in [-0.2, -0.15) is 0 Å². The van der Waals surface area contributed by atoms with Gasteiger partial charge in [0.25, 0.3) is 0 Å². The lowest BCUT2D eigenvalue weighted by Crippen LogP contribution is -2.20. The van der Waals surface area contributed by atoms with E-state index in [-0.39, 0.29) is 10.8 Å². The van der Waals surface area contributed by atoms with Crippen LogP contribution in [-0.4, -0.2) is 10.2 Å². The summed E-state index contributed by atoms with van der Waals surface area (Å²) in [6.07, 6.45) is 0.873. The first-order valence-corrected chi connectivity index (χ1v) is 14.6. The van der Waals surface area contributed by atoms with E-state index >= 15 is 0 Å². The van der Waals surface area contributed by atoms with Crippen LogP contribution in [-0.2, 0) is 10.8 Å². The Balaban J connectivity index is 1.51. The topological polar surface area (TPSA) is 40.5 Å². The molecule has 1 atom stereocenters. The summed E-state index contributed by atoms with van der Waals surface area (Å²) in [5, 5.41) is 21.9. The maximum absolute atomic E-state index is 11.0. The van der Waals surface area contributed by atoms with Crippen LogP contribution in [0.4, 0.5) is 0 Å². The lowest BCUT2D eigenvalue weighted by atomic mass is 9.83. The van der Waals surface area contributed by atoms with Crippen LogP contribution in [0.2, 0.25) is 0 Å². The van der Waals surface area contributed by atoms with Crippen molar-refractivity contribution in [3.05, 3.63) is 104 Å². The fraction of sp³-hybridized carbons (Fsp3) is 0.226. The fourth-order valence-corrected chi connectivity index (χ4v) is 8.55. The molecule has 0 aliphatic carbocycles. The minimum atomic E-state index is -0.341. The van der Waals surface area contributed by atoms with E-state index in [9.17, 15) is 10.2 Å². The molecule has 1 unspecified atom stereocenters. The summed E-state index contributed by atoms with van der Waals surface area (Å²) in [7, 11) is 0. The summed E-state index contributed by atoms with van der Waals surface area (Å²) in [6, 6.07) is 28.6. The second kappa shape index (κ2) is 9.55. The molecular weight excluding hydrogens is 501 g/mol. The molecule has 0 spiro atoms. The molecule has 0 aliphatic rings. The predicted octanol–water partition coefficient (Wildman–Crippen LogP) is 9.66. The Morgan fingerprint density at radius 2 is 1.08 bits per heavy atom. The van der Waals surface area contributed by atoms with Gasteiger partial charge in [-0.05, 0) is 62.6 Å². The molecule has 3 heterocycles. The van der Waals surface area contributed by atoms with Crippen LogP contribution in [0.25, 0.3) is 20.9 Å². The molecule has 0 saturated carbocycles. The fourth-order valence-electron chi connectivity index (χ4n) is 4.62. The molecule has 3 aromatic heterocycles. The van der Waals surface area contributed by atoms with E-state index in [4.69, 9.17) is 0 Å². The highest BCUT2D eigenvalue weighted by Gasteiger charge is 2.36. The zero-order valence-electron chi connectivity index (χ0n) is 20.9. The zero-order chi connectivity index (χ0) is 25.5. The van der Waals surface area contributed by atoms with Crippen LogP contribution < -0.4 is 0 Å². The molecular formula is C31H30O2S3. The number of hydrogen-bond acceptors (Lipinski definition) is 5. The third-order valence-electron chi connectivity index (χ3n) is 7.08. The molecule has 0 saturated heterocycles. The Labute approximate surface area is 225 Å². The van der Waals surface area contributed by atoms with Crippen molar-refractivity contribution in [1.82, 2.24) is 0 Å². The molecule has 0 aliphatic heterocycles. The number of benzene rings is 2. The molecule has 2 nitrogen and oxygen atoms in total. The lowest BCUT2D eigenvalue weighted by Gasteiger charge is -2.27. The monoisotopic (exact) mass is 530 g/mol. The molecule has 36 heavy (non-hydrogen) atoms. The Morgan fingerprint density at radius 3 is 1.61 bits per heavy atom. The van der Waals surface area contributed by atoms with Gasteiger partial charge in [-0.25, -0.2) is 0 Å². The van der Waals surface area contributed by atoms with E-state index in [1.807, 2.05) is 48.5 Å². The minimum absolute atomic E-state index is 0.298.